The van der Waals surface area contributed by atoms with Crippen molar-refractivity contribution in [1.29, 1.82) is 0 Å². The Bertz CT molecular complexity index is 1100. The highest BCUT2D eigenvalue weighted by atomic mass is 16.6. The summed E-state index contributed by atoms with van der Waals surface area (Å²) in [5.41, 5.74) is 3.94. The number of hydrogen-bond donors (Lipinski definition) is 0. The second-order valence-electron chi connectivity index (χ2n) is 8.99. The largest absolute Gasteiger partial charge is 0.446 e. The minimum absolute atomic E-state index is 0.0586. The first-order chi connectivity index (χ1) is 13.2. The molecule has 0 fully saturated rings. The highest BCUT2D eigenvalue weighted by Crippen LogP contribution is 2.53. The number of rotatable bonds is 3. The van der Waals surface area contributed by atoms with Crippen molar-refractivity contribution in [3.05, 3.63) is 83.9 Å². The molecule has 1 aliphatic carbocycles. The van der Waals surface area contributed by atoms with Gasteiger partial charge in [-0.05, 0) is 34.2 Å². The molecule has 28 heavy (non-hydrogen) atoms. The topological polar surface area (TPSA) is 26.3 Å². The quantitative estimate of drug-likeness (QED) is 0.382. The van der Waals surface area contributed by atoms with Gasteiger partial charge in [-0.15, -0.1) is 0 Å². The van der Waals surface area contributed by atoms with Crippen LogP contribution in [0, 0.1) is 5.41 Å². The molecule has 0 heterocycles. The predicted molar refractivity (Wildman–Crippen MR) is 115 cm³/mol. The monoisotopic (exact) mass is 370 g/mol. The molecule has 0 aromatic heterocycles. The van der Waals surface area contributed by atoms with Crippen LogP contribution in [-0.2, 0) is 15.1 Å². The fraction of sp³-hybridized carbons (Fsp3) is 0.269. The molecular weight excluding hydrogens is 344 g/mol. The minimum Gasteiger partial charge on any atom is -0.446 e. The van der Waals surface area contributed by atoms with Gasteiger partial charge < -0.3 is 4.74 Å². The zero-order valence-corrected chi connectivity index (χ0v) is 17.0. The summed E-state index contributed by atoms with van der Waals surface area (Å²) in [5.74, 6) is -0.351. The van der Waals surface area contributed by atoms with Crippen LogP contribution in [0.3, 0.4) is 0 Å². The van der Waals surface area contributed by atoms with E-state index in [0.29, 0.717) is 12.0 Å². The Kier molecular flexibility index (Phi) is 4.19. The highest BCUT2D eigenvalue weighted by molar-refractivity contribution is 6.03. The molecule has 1 aliphatic rings. The maximum absolute atomic E-state index is 12.8. The highest BCUT2D eigenvalue weighted by Gasteiger charge is 2.46. The molecule has 3 aromatic carbocycles. The van der Waals surface area contributed by atoms with Crippen LogP contribution in [0.5, 0.6) is 0 Å². The molecule has 0 saturated carbocycles. The van der Waals surface area contributed by atoms with Crippen molar-refractivity contribution in [1.82, 2.24) is 0 Å². The third kappa shape index (κ3) is 2.84. The maximum atomic E-state index is 12.8. The summed E-state index contributed by atoms with van der Waals surface area (Å²) in [6.45, 7) is 12.1. The molecule has 0 N–H and O–H groups in total. The molecule has 0 aliphatic heterocycles. The van der Waals surface area contributed by atoms with Crippen LogP contribution in [0.25, 0.3) is 21.9 Å². The zero-order chi connectivity index (χ0) is 20.1. The first kappa shape index (κ1) is 18.5. The van der Waals surface area contributed by atoms with E-state index < -0.39 is 5.60 Å². The Labute approximate surface area is 166 Å². The van der Waals surface area contributed by atoms with E-state index >= 15 is 0 Å². The summed E-state index contributed by atoms with van der Waals surface area (Å²) in [5, 5.41) is 2.33. The van der Waals surface area contributed by atoms with Crippen LogP contribution < -0.4 is 0 Å². The van der Waals surface area contributed by atoms with Crippen LogP contribution in [0.2, 0.25) is 0 Å². The van der Waals surface area contributed by atoms with Crippen LogP contribution >= 0.6 is 0 Å². The Morgan fingerprint density at radius 1 is 0.929 bits per heavy atom. The van der Waals surface area contributed by atoms with Crippen molar-refractivity contribution in [3.8, 4) is 11.1 Å². The summed E-state index contributed by atoms with van der Waals surface area (Å²) >= 11 is 0. The fourth-order valence-electron chi connectivity index (χ4n) is 4.45. The van der Waals surface area contributed by atoms with Crippen molar-refractivity contribution in [2.75, 3.05) is 0 Å². The van der Waals surface area contributed by atoms with Gasteiger partial charge in [0.25, 0.3) is 0 Å². The van der Waals surface area contributed by atoms with Crippen molar-refractivity contribution in [2.45, 2.75) is 39.7 Å². The molecule has 142 valence electrons. The first-order valence-electron chi connectivity index (χ1n) is 9.74. The average molecular weight is 370 g/mol. The summed E-state index contributed by atoms with van der Waals surface area (Å²) in [4.78, 5) is 12.8. The summed E-state index contributed by atoms with van der Waals surface area (Å²) in [6, 6.07) is 21.0. The molecule has 0 bridgehead atoms. The second-order valence-corrected chi connectivity index (χ2v) is 8.99. The average Bonchev–Trinajstić information content (AvgIpc) is 2.64. The molecule has 3 aromatic rings. The lowest BCUT2D eigenvalue weighted by Crippen LogP contribution is -2.40. The standard InChI is InChI=1S/C26H26O2/c1-17(2)24(27)28-26(16-25(3,4)5)21-14-7-6-12-19(21)20-13-8-10-18-11-9-15-22(26)23(18)20/h6-15H,1,16H2,2-5H3. The molecule has 2 heteroatoms. The van der Waals surface area contributed by atoms with Crippen molar-refractivity contribution in [2.24, 2.45) is 5.41 Å². The fourth-order valence-corrected chi connectivity index (χ4v) is 4.45. The second kappa shape index (κ2) is 6.34. The van der Waals surface area contributed by atoms with E-state index in [0.717, 1.165) is 22.1 Å². The van der Waals surface area contributed by atoms with Crippen LogP contribution in [-0.4, -0.2) is 5.97 Å². The number of carbonyl (C=O) groups excluding carboxylic acids is 1. The van der Waals surface area contributed by atoms with Gasteiger partial charge in [-0.25, -0.2) is 4.79 Å². The lowest BCUT2D eigenvalue weighted by molar-refractivity contribution is -0.154. The van der Waals surface area contributed by atoms with Crippen LogP contribution in [0.1, 0.15) is 45.2 Å². The summed E-state index contributed by atoms with van der Waals surface area (Å²) in [6.07, 6.45) is 0.684. The Morgan fingerprint density at radius 2 is 1.54 bits per heavy atom. The van der Waals surface area contributed by atoms with Gasteiger partial charge in [-0.2, -0.15) is 0 Å². The van der Waals surface area contributed by atoms with E-state index in [2.05, 4.69) is 75.9 Å². The van der Waals surface area contributed by atoms with E-state index in [1.807, 2.05) is 12.1 Å². The van der Waals surface area contributed by atoms with Crippen LogP contribution in [0.15, 0.2) is 72.8 Å². The molecule has 2 nitrogen and oxygen atoms in total. The van der Waals surface area contributed by atoms with Gasteiger partial charge >= 0.3 is 5.97 Å². The van der Waals surface area contributed by atoms with Crippen LogP contribution in [0.4, 0.5) is 0 Å². The van der Waals surface area contributed by atoms with Gasteiger partial charge in [0.05, 0.1) is 0 Å². The number of benzene rings is 3. The molecule has 0 saturated heterocycles. The van der Waals surface area contributed by atoms with Crippen molar-refractivity contribution >= 4 is 16.7 Å². The van der Waals surface area contributed by atoms with E-state index in [-0.39, 0.29) is 11.4 Å². The normalized spacial score (nSPS) is 17.9. The summed E-state index contributed by atoms with van der Waals surface area (Å²) < 4.78 is 6.35. The Balaban J connectivity index is 2.13. The number of ether oxygens (including phenoxy) is 1. The molecule has 1 unspecified atom stereocenters. The Hall–Kier alpha value is -2.87. The third-order valence-electron chi connectivity index (χ3n) is 5.39. The number of fused-ring (bicyclic) bond motifs is 2. The van der Waals surface area contributed by atoms with E-state index in [4.69, 9.17) is 4.74 Å². The molecular formula is C26H26O2. The number of hydrogen-bond acceptors (Lipinski definition) is 2. The van der Waals surface area contributed by atoms with E-state index in [1.54, 1.807) is 6.92 Å². The van der Waals surface area contributed by atoms with E-state index in [1.165, 1.54) is 10.9 Å². The summed E-state index contributed by atoms with van der Waals surface area (Å²) in [7, 11) is 0. The minimum atomic E-state index is -0.848. The number of carbonyl (C=O) groups is 1. The van der Waals surface area contributed by atoms with Gasteiger partial charge in [0.2, 0.25) is 0 Å². The van der Waals surface area contributed by atoms with Gasteiger partial charge in [-0.1, -0.05) is 88.0 Å². The van der Waals surface area contributed by atoms with Gasteiger partial charge in [0.1, 0.15) is 0 Å². The third-order valence-corrected chi connectivity index (χ3v) is 5.39. The first-order valence-corrected chi connectivity index (χ1v) is 9.74. The maximum Gasteiger partial charge on any atom is 0.334 e. The van der Waals surface area contributed by atoms with Gasteiger partial charge in [0, 0.05) is 23.1 Å². The Morgan fingerprint density at radius 3 is 2.21 bits per heavy atom. The number of esters is 1. The lowest BCUT2D eigenvalue weighted by Gasteiger charge is -2.43. The smallest absolute Gasteiger partial charge is 0.334 e. The van der Waals surface area contributed by atoms with Crippen molar-refractivity contribution < 1.29 is 9.53 Å². The zero-order valence-electron chi connectivity index (χ0n) is 17.0. The van der Waals surface area contributed by atoms with Crippen molar-refractivity contribution in [3.63, 3.8) is 0 Å². The molecule has 1 atom stereocenters. The predicted octanol–water partition coefficient (Wildman–Crippen LogP) is 6.62. The molecule has 0 radical (unpaired) electrons. The van der Waals surface area contributed by atoms with Gasteiger partial charge in [0.15, 0.2) is 5.60 Å². The SMILES string of the molecule is C=C(C)C(=O)OC1(CC(C)(C)C)c2ccccc2-c2cccc3cccc1c23. The molecule has 0 spiro atoms. The molecule has 4 rings (SSSR count). The van der Waals surface area contributed by atoms with Gasteiger partial charge in [-0.3, -0.25) is 0 Å². The molecule has 0 amide bonds. The van der Waals surface area contributed by atoms with E-state index in [9.17, 15) is 4.79 Å². The lowest BCUT2D eigenvalue weighted by atomic mass is 9.67.